The molecule has 0 fully saturated rings. The van der Waals surface area contributed by atoms with Crippen molar-refractivity contribution in [1.29, 1.82) is 0 Å². The summed E-state index contributed by atoms with van der Waals surface area (Å²) in [5.74, 6) is 2.20. The molecule has 0 unspecified atom stereocenters. The Morgan fingerprint density at radius 1 is 1.22 bits per heavy atom. The number of rotatable bonds is 8. The van der Waals surface area contributed by atoms with E-state index in [1.54, 1.807) is 36.5 Å². The van der Waals surface area contributed by atoms with Crippen LogP contribution in [0, 0.1) is 0 Å². The molecule has 6 nitrogen and oxygen atoms in total. The fraction of sp³-hybridized carbons (Fsp3) is 0.211. The van der Waals surface area contributed by atoms with E-state index in [0.29, 0.717) is 5.75 Å². The van der Waals surface area contributed by atoms with Gasteiger partial charge in [0.2, 0.25) is 0 Å². The highest BCUT2D eigenvalue weighted by Crippen LogP contribution is 2.30. The third kappa shape index (κ3) is 4.23. The Balaban J connectivity index is 1.40. The van der Waals surface area contributed by atoms with E-state index >= 15 is 0 Å². The number of ether oxygens (including phenoxy) is 1. The van der Waals surface area contributed by atoms with Gasteiger partial charge in [-0.3, -0.25) is 0 Å². The Morgan fingerprint density at radius 3 is 3.00 bits per heavy atom. The molecule has 0 radical (unpaired) electrons. The largest absolute Gasteiger partial charge is 0.496 e. The topological polar surface area (TPSA) is 66.0 Å². The van der Waals surface area contributed by atoms with Crippen LogP contribution in [0.15, 0.2) is 63.9 Å². The maximum absolute atomic E-state index is 5.49. The molecular weight excluding hydrogens is 380 g/mol. The molecule has 3 aromatic heterocycles. The van der Waals surface area contributed by atoms with Gasteiger partial charge >= 0.3 is 0 Å². The van der Waals surface area contributed by atoms with Gasteiger partial charge in [0.25, 0.3) is 0 Å². The molecule has 0 bridgehead atoms. The van der Waals surface area contributed by atoms with Crippen LogP contribution in [0.3, 0.4) is 0 Å². The molecule has 8 heteroatoms. The highest BCUT2D eigenvalue weighted by atomic mass is 32.2. The second kappa shape index (κ2) is 8.41. The molecule has 138 valence electrons. The minimum atomic E-state index is 0.639. The van der Waals surface area contributed by atoms with Gasteiger partial charge in [0.05, 0.1) is 12.9 Å². The molecule has 0 aliphatic rings. The number of nitrogens with zero attached hydrogens (tertiary/aromatic N) is 4. The lowest BCUT2D eigenvalue weighted by molar-refractivity contribution is 0.395. The first-order chi connectivity index (χ1) is 13.3. The molecule has 4 aromatic rings. The van der Waals surface area contributed by atoms with E-state index in [0.717, 1.165) is 40.9 Å². The lowest BCUT2D eigenvalue weighted by atomic mass is 10.1. The highest BCUT2D eigenvalue weighted by Gasteiger charge is 2.13. The van der Waals surface area contributed by atoms with Crippen LogP contribution in [0.2, 0.25) is 0 Å². The SMILES string of the molecule is COc1ccccc1-c1cc(CSc2nncn2CCc2cccs2)on1. The number of para-hydroxylation sites is 1. The van der Waals surface area contributed by atoms with E-state index < -0.39 is 0 Å². The van der Waals surface area contributed by atoms with E-state index in [2.05, 4.69) is 37.4 Å². The first kappa shape index (κ1) is 17.8. The van der Waals surface area contributed by atoms with Crippen molar-refractivity contribution >= 4 is 23.1 Å². The molecule has 3 heterocycles. The van der Waals surface area contributed by atoms with Gasteiger partial charge < -0.3 is 13.8 Å². The Kier molecular flexibility index (Phi) is 5.55. The zero-order valence-electron chi connectivity index (χ0n) is 14.7. The van der Waals surface area contributed by atoms with Gasteiger partial charge in [-0.1, -0.05) is 35.1 Å². The summed E-state index contributed by atoms with van der Waals surface area (Å²) < 4.78 is 13.0. The van der Waals surface area contributed by atoms with Gasteiger partial charge in [-0.15, -0.1) is 21.5 Å². The monoisotopic (exact) mass is 398 g/mol. The first-order valence-corrected chi connectivity index (χ1v) is 10.3. The van der Waals surface area contributed by atoms with Crippen molar-refractivity contribution in [3.05, 3.63) is 64.8 Å². The maximum atomic E-state index is 5.49. The van der Waals surface area contributed by atoms with Crippen molar-refractivity contribution in [2.24, 2.45) is 0 Å². The van der Waals surface area contributed by atoms with Gasteiger partial charge in [-0.25, -0.2) is 0 Å². The Hall–Kier alpha value is -2.58. The summed E-state index contributed by atoms with van der Waals surface area (Å²) >= 11 is 3.36. The second-order valence-electron chi connectivity index (χ2n) is 5.80. The average molecular weight is 399 g/mol. The highest BCUT2D eigenvalue weighted by molar-refractivity contribution is 7.98. The van der Waals surface area contributed by atoms with Gasteiger partial charge in [-0.05, 0) is 30.0 Å². The number of thioether (sulfide) groups is 1. The Morgan fingerprint density at radius 2 is 2.15 bits per heavy atom. The second-order valence-corrected chi connectivity index (χ2v) is 7.78. The van der Waals surface area contributed by atoms with Crippen molar-refractivity contribution in [3.8, 4) is 17.0 Å². The van der Waals surface area contributed by atoms with Crippen LogP contribution in [0.4, 0.5) is 0 Å². The number of aryl methyl sites for hydroxylation is 2. The lowest BCUT2D eigenvalue weighted by Gasteiger charge is -2.04. The number of thiophene rings is 1. The van der Waals surface area contributed by atoms with Gasteiger partial charge in [0, 0.05) is 23.1 Å². The summed E-state index contributed by atoms with van der Waals surface area (Å²) in [5, 5.41) is 15.4. The Bertz CT molecular complexity index is 995. The van der Waals surface area contributed by atoms with Crippen LogP contribution in [0.1, 0.15) is 10.6 Å². The molecule has 0 amide bonds. The molecule has 0 atom stereocenters. The van der Waals surface area contributed by atoms with E-state index in [9.17, 15) is 0 Å². The van der Waals surface area contributed by atoms with Gasteiger partial charge in [-0.2, -0.15) is 0 Å². The van der Waals surface area contributed by atoms with Crippen LogP contribution in [0.5, 0.6) is 5.75 Å². The average Bonchev–Trinajstić information content (AvgIpc) is 3.46. The minimum Gasteiger partial charge on any atom is -0.496 e. The number of aromatic nitrogens is 4. The molecule has 0 spiro atoms. The molecule has 0 N–H and O–H groups in total. The summed E-state index contributed by atoms with van der Waals surface area (Å²) in [5.41, 5.74) is 1.68. The molecule has 27 heavy (non-hydrogen) atoms. The van der Waals surface area contributed by atoms with Crippen LogP contribution >= 0.6 is 23.1 Å². The third-order valence-corrected chi connectivity index (χ3v) is 5.98. The smallest absolute Gasteiger partial charge is 0.191 e. The predicted octanol–water partition coefficient (Wildman–Crippen LogP) is 4.54. The number of methoxy groups -OCH3 is 1. The number of hydrogen-bond donors (Lipinski definition) is 0. The fourth-order valence-corrected chi connectivity index (χ4v) is 4.21. The van der Waals surface area contributed by atoms with E-state index in [1.165, 1.54) is 4.88 Å². The summed E-state index contributed by atoms with van der Waals surface area (Å²) in [6.45, 7) is 0.860. The zero-order valence-corrected chi connectivity index (χ0v) is 16.4. The fourth-order valence-electron chi connectivity index (χ4n) is 2.69. The molecule has 0 saturated heterocycles. The lowest BCUT2D eigenvalue weighted by Crippen LogP contribution is -2.01. The van der Waals surface area contributed by atoms with Crippen LogP contribution in [0.25, 0.3) is 11.3 Å². The van der Waals surface area contributed by atoms with Crippen molar-refractivity contribution in [2.75, 3.05) is 7.11 Å². The maximum Gasteiger partial charge on any atom is 0.191 e. The standard InChI is InChI=1S/C19H18N4O2S2/c1-24-18-7-3-2-6-16(18)17-11-14(25-22-17)12-27-19-21-20-13-23(19)9-8-15-5-4-10-26-15/h2-7,10-11,13H,8-9,12H2,1H3. The summed E-state index contributed by atoms with van der Waals surface area (Å²) in [7, 11) is 1.65. The normalized spacial score (nSPS) is 11.0. The summed E-state index contributed by atoms with van der Waals surface area (Å²) in [6, 6.07) is 13.9. The third-order valence-electron chi connectivity index (χ3n) is 4.04. The van der Waals surface area contributed by atoms with Crippen molar-refractivity contribution in [2.45, 2.75) is 23.9 Å². The van der Waals surface area contributed by atoms with Gasteiger partial charge in [0.1, 0.15) is 23.5 Å². The molecule has 0 aliphatic carbocycles. The first-order valence-electron chi connectivity index (χ1n) is 8.45. The minimum absolute atomic E-state index is 0.639. The van der Waals surface area contributed by atoms with Crippen molar-refractivity contribution in [1.82, 2.24) is 19.9 Å². The predicted molar refractivity (Wildman–Crippen MR) is 106 cm³/mol. The molecule has 0 aliphatic heterocycles. The molecule has 0 saturated carbocycles. The van der Waals surface area contributed by atoms with Crippen LogP contribution < -0.4 is 4.74 Å². The number of hydrogen-bond acceptors (Lipinski definition) is 7. The van der Waals surface area contributed by atoms with E-state index in [-0.39, 0.29) is 0 Å². The molecule has 1 aromatic carbocycles. The number of benzene rings is 1. The summed E-state index contributed by atoms with van der Waals surface area (Å²) in [6.07, 6.45) is 2.75. The summed E-state index contributed by atoms with van der Waals surface area (Å²) in [4.78, 5) is 1.36. The molecular formula is C19H18N4O2S2. The van der Waals surface area contributed by atoms with Crippen molar-refractivity contribution < 1.29 is 9.26 Å². The van der Waals surface area contributed by atoms with Crippen LogP contribution in [-0.2, 0) is 18.7 Å². The van der Waals surface area contributed by atoms with E-state index in [4.69, 9.17) is 9.26 Å². The Labute approximate surface area is 165 Å². The van der Waals surface area contributed by atoms with Crippen LogP contribution in [-0.4, -0.2) is 27.0 Å². The van der Waals surface area contributed by atoms with E-state index in [1.807, 2.05) is 30.3 Å². The van der Waals surface area contributed by atoms with Gasteiger partial charge in [0.15, 0.2) is 5.16 Å². The quantitative estimate of drug-likeness (QED) is 0.406. The van der Waals surface area contributed by atoms with Crippen molar-refractivity contribution in [3.63, 3.8) is 0 Å². The molecule has 4 rings (SSSR count). The zero-order chi connectivity index (χ0) is 18.5.